The molecule has 0 radical (unpaired) electrons. The number of nitrogens with zero attached hydrogens (tertiary/aromatic N) is 14. The van der Waals surface area contributed by atoms with Crippen LogP contribution in [0.4, 0.5) is 36.3 Å². The van der Waals surface area contributed by atoms with Gasteiger partial charge in [-0.25, -0.2) is 29.8 Å². The number of rotatable bonds is 17. The lowest BCUT2D eigenvalue weighted by atomic mass is 9.98. The van der Waals surface area contributed by atoms with Gasteiger partial charge in [0, 0.05) is 75.1 Å². The lowest BCUT2D eigenvalue weighted by Gasteiger charge is -2.22. The third-order valence-electron chi connectivity index (χ3n) is 18.7. The second kappa shape index (κ2) is 33.8. The van der Waals surface area contributed by atoms with Crippen molar-refractivity contribution < 1.29 is 17.9 Å². The van der Waals surface area contributed by atoms with Crippen molar-refractivity contribution >= 4 is 67.1 Å². The molecule has 15 rings (SSSR count). The van der Waals surface area contributed by atoms with E-state index in [9.17, 15) is 38.1 Å². The number of nitrogens with one attached hydrogen (secondary N) is 3. The average molecular weight is 1540 g/mol. The zero-order valence-electron chi connectivity index (χ0n) is 62.8. The standard InChI is InChI=1S/C31H28N6O2.C29H22ClN5O.C29H21F3N6O/c1-19(2)39-26-13-23(16-33-18-26)27-12-8-9-22-14-28(20(3)35-30-24(15-32)17-34-21(4)36-30)37(31(38)29(22)27)25-10-6-5-7-11-25;1-18(33-28-25(31-3)17-32-19(2)34-28)26-16-21-8-7-11-24(20-12-14-22(30)15-13-20)27(21)29(36)35(26)23-9-5-4-6-10-23;1-17(36-27-21(13-33)15-35-18(2)37-27)25-12-19-7-6-10-24(20-11-22(16-34-14-20)29(30,31)32)26(19)28(39)38(25)23-8-4-3-5-9-23/h5-14,16-20H,1-4H3,(H,34,35,36);4-18H,1-2H3,(H,32,33,34);3-12,14-17H,1-2H3,(H,35,36,37)/t20-;18-;17-/m000/s1. The molecule has 0 spiro atoms. The summed E-state index contributed by atoms with van der Waals surface area (Å²) in [6.45, 7) is 22.4. The predicted molar refractivity (Wildman–Crippen MR) is 438 cm³/mol. The summed E-state index contributed by atoms with van der Waals surface area (Å²) in [6.07, 6.45) is 5.35. The first-order valence-corrected chi connectivity index (χ1v) is 36.5. The Bertz CT molecular complexity index is 6460. The van der Waals surface area contributed by atoms with Gasteiger partial charge in [0.1, 0.15) is 63.9 Å². The Morgan fingerprint density at radius 2 is 0.833 bits per heavy atom. The molecule has 15 aromatic rings. The number of alkyl halides is 3. The van der Waals surface area contributed by atoms with Crippen LogP contribution in [0.25, 0.3) is 87.6 Å². The van der Waals surface area contributed by atoms with Gasteiger partial charge in [0.2, 0.25) is 5.69 Å². The van der Waals surface area contributed by atoms with E-state index < -0.39 is 23.3 Å². The summed E-state index contributed by atoms with van der Waals surface area (Å²) in [6, 6.07) is 63.9. The molecule has 0 bridgehead atoms. The van der Waals surface area contributed by atoms with Crippen LogP contribution in [-0.2, 0) is 6.18 Å². The van der Waals surface area contributed by atoms with Crippen molar-refractivity contribution in [3.63, 3.8) is 0 Å². The van der Waals surface area contributed by atoms with Crippen LogP contribution in [0.1, 0.15) is 104 Å². The fourth-order valence-corrected chi connectivity index (χ4v) is 13.6. The number of hydrogen-bond donors (Lipinski definition) is 3. The summed E-state index contributed by atoms with van der Waals surface area (Å²) in [5.41, 5.74) is 7.27. The van der Waals surface area contributed by atoms with Gasteiger partial charge >= 0.3 is 6.18 Å². The number of aryl methyl sites for hydroxylation is 3. The lowest BCUT2D eigenvalue weighted by molar-refractivity contribution is -0.137. The number of ether oxygens (including phenoxy) is 1. The summed E-state index contributed by atoms with van der Waals surface area (Å²) in [4.78, 5) is 79.9. The molecule has 0 aliphatic heterocycles. The summed E-state index contributed by atoms with van der Waals surface area (Å²) in [5.74, 6) is 3.41. The molecule has 0 fully saturated rings. The Morgan fingerprint density at radius 1 is 0.456 bits per heavy atom. The smallest absolute Gasteiger partial charge is 0.417 e. The molecule has 8 aromatic heterocycles. The lowest BCUT2D eigenvalue weighted by Crippen LogP contribution is -2.26. The van der Waals surface area contributed by atoms with Crippen LogP contribution in [0.3, 0.4) is 0 Å². The minimum absolute atomic E-state index is 0.00152. The Labute approximate surface area is 657 Å². The Balaban J connectivity index is 0.000000149. The third-order valence-corrected chi connectivity index (χ3v) is 18.9. The maximum Gasteiger partial charge on any atom is 0.417 e. The maximum absolute atomic E-state index is 14.3. The molecular formula is C89H71ClF3N17O4. The first-order valence-electron chi connectivity index (χ1n) is 36.1. The third kappa shape index (κ3) is 16.8. The van der Waals surface area contributed by atoms with Gasteiger partial charge in [-0.3, -0.25) is 43.0 Å². The van der Waals surface area contributed by atoms with Crippen molar-refractivity contribution in [3.8, 4) is 68.3 Å². The molecule has 0 saturated carbocycles. The minimum atomic E-state index is -4.58. The summed E-state index contributed by atoms with van der Waals surface area (Å²) < 4.78 is 51.1. The average Bonchev–Trinajstić information content (AvgIpc) is 0.757. The normalized spacial score (nSPS) is 11.9. The van der Waals surface area contributed by atoms with Crippen LogP contribution in [0, 0.1) is 50.0 Å². The molecule has 25 heteroatoms. The number of pyridine rings is 5. The zero-order chi connectivity index (χ0) is 80.5. The second-order valence-electron chi connectivity index (χ2n) is 26.9. The van der Waals surface area contributed by atoms with Crippen molar-refractivity contribution in [3.05, 3.63) is 342 Å². The SMILES string of the molecule is Cc1ncc(C#N)c(N[C@@H](C)c2cc3cccc(-c4cncc(C(F)(F)F)c4)c3c(=O)n2-c2ccccc2)n1.Cc1ncc(C#N)c(N[C@@H](C)c2cc3cccc(-c4cncc(OC(C)C)c4)c3c(=O)n2-c2ccccc2)n1.[C-]#[N+]c1cnc(C)nc1N[C@@H](C)c1cc2cccc(-c3ccc(Cl)cc3)c2c(=O)n1-c1ccccc1. The van der Waals surface area contributed by atoms with Gasteiger partial charge in [-0.05, 0) is 173 Å². The summed E-state index contributed by atoms with van der Waals surface area (Å²) >= 11 is 6.11. The van der Waals surface area contributed by atoms with E-state index >= 15 is 0 Å². The fraction of sp³-hybridized carbons (Fsp3) is 0.146. The van der Waals surface area contributed by atoms with E-state index in [1.807, 2.05) is 186 Å². The number of fused-ring (bicyclic) bond motifs is 3. The molecular weight excluding hydrogens is 1460 g/mol. The van der Waals surface area contributed by atoms with Crippen LogP contribution >= 0.6 is 11.6 Å². The van der Waals surface area contributed by atoms with Gasteiger partial charge in [-0.1, -0.05) is 133 Å². The molecule has 564 valence electrons. The number of nitriles is 2. The van der Waals surface area contributed by atoms with Crippen LogP contribution in [-0.4, -0.2) is 59.7 Å². The molecule has 3 atom stereocenters. The van der Waals surface area contributed by atoms with E-state index in [4.69, 9.17) is 22.9 Å². The number of halogens is 4. The molecule has 0 saturated heterocycles. The second-order valence-corrected chi connectivity index (χ2v) is 27.4. The highest BCUT2D eigenvalue weighted by atomic mass is 35.5. The number of aromatic nitrogens is 11. The largest absolute Gasteiger partial charge is 0.489 e. The highest BCUT2D eigenvalue weighted by Crippen LogP contribution is 2.38. The first-order chi connectivity index (χ1) is 55.0. The van der Waals surface area contributed by atoms with E-state index in [0.717, 1.165) is 68.1 Å². The van der Waals surface area contributed by atoms with Crippen molar-refractivity contribution in [1.82, 2.24) is 53.6 Å². The van der Waals surface area contributed by atoms with Crippen molar-refractivity contribution in [2.24, 2.45) is 0 Å². The topological polar surface area (TPSA) is 266 Å². The Morgan fingerprint density at radius 3 is 1.23 bits per heavy atom. The minimum Gasteiger partial charge on any atom is -0.489 e. The first kappa shape index (κ1) is 77.6. The van der Waals surface area contributed by atoms with Crippen LogP contribution in [0.2, 0.25) is 5.02 Å². The summed E-state index contributed by atoms with van der Waals surface area (Å²) in [5, 5.41) is 33.3. The van der Waals surface area contributed by atoms with Crippen molar-refractivity contribution in [2.45, 2.75) is 85.8 Å². The molecule has 21 nitrogen and oxygen atoms in total. The van der Waals surface area contributed by atoms with Gasteiger partial charge in [0.15, 0.2) is 0 Å². The van der Waals surface area contributed by atoms with Crippen molar-refractivity contribution in [1.29, 1.82) is 10.5 Å². The van der Waals surface area contributed by atoms with E-state index in [0.29, 0.717) is 90.1 Å². The molecule has 0 amide bonds. The number of anilines is 3. The molecule has 114 heavy (non-hydrogen) atoms. The van der Waals surface area contributed by atoms with Crippen molar-refractivity contribution in [2.75, 3.05) is 16.0 Å². The molecule has 7 aromatic carbocycles. The monoisotopic (exact) mass is 1530 g/mol. The predicted octanol–water partition coefficient (Wildman–Crippen LogP) is 19.3. The number of hydrogen-bond acceptors (Lipinski definition) is 17. The highest BCUT2D eigenvalue weighted by Gasteiger charge is 2.32. The molecule has 3 N–H and O–H groups in total. The quantitative estimate of drug-likeness (QED) is 0.0715. The van der Waals surface area contributed by atoms with Gasteiger partial charge in [-0.15, -0.1) is 0 Å². The molecule has 8 heterocycles. The van der Waals surface area contributed by atoms with Crippen LogP contribution in [0.5, 0.6) is 5.75 Å². The van der Waals surface area contributed by atoms with Gasteiger partial charge in [0.05, 0.1) is 71.1 Å². The van der Waals surface area contributed by atoms with Gasteiger partial charge in [-0.2, -0.15) is 23.7 Å². The zero-order valence-corrected chi connectivity index (χ0v) is 63.6. The Hall–Kier alpha value is -14.5. The van der Waals surface area contributed by atoms with E-state index in [-0.39, 0.29) is 45.8 Å². The van der Waals surface area contributed by atoms with Gasteiger partial charge in [0.25, 0.3) is 16.7 Å². The fourth-order valence-electron chi connectivity index (χ4n) is 13.4. The molecule has 0 aliphatic rings. The van der Waals surface area contributed by atoms with E-state index in [1.54, 1.807) is 84.8 Å². The molecule has 0 unspecified atom stereocenters. The van der Waals surface area contributed by atoms with Crippen LogP contribution < -0.4 is 37.4 Å². The highest BCUT2D eigenvalue weighted by molar-refractivity contribution is 6.30. The van der Waals surface area contributed by atoms with E-state index in [1.165, 1.54) is 29.4 Å². The maximum atomic E-state index is 14.3. The Kier molecular flexibility index (Phi) is 23.0. The van der Waals surface area contributed by atoms with E-state index in [2.05, 4.69) is 72.8 Å². The van der Waals surface area contributed by atoms with Crippen LogP contribution in [0.15, 0.2) is 258 Å². The number of benzene rings is 7. The van der Waals surface area contributed by atoms with Gasteiger partial charge < -0.3 is 20.7 Å². The summed E-state index contributed by atoms with van der Waals surface area (Å²) in [7, 11) is 0. The number of para-hydroxylation sites is 3. The molecule has 0 aliphatic carbocycles.